The molecule has 7 nitrogen and oxygen atoms in total. The van der Waals surface area contributed by atoms with Gasteiger partial charge in [0, 0.05) is 19.1 Å². The van der Waals surface area contributed by atoms with E-state index in [4.69, 9.17) is 4.74 Å². The van der Waals surface area contributed by atoms with Gasteiger partial charge in [0.2, 0.25) is 0 Å². The highest BCUT2D eigenvalue weighted by atomic mass is 19.4. The van der Waals surface area contributed by atoms with E-state index >= 15 is 0 Å². The van der Waals surface area contributed by atoms with Gasteiger partial charge in [0.05, 0.1) is 18.3 Å². The summed E-state index contributed by atoms with van der Waals surface area (Å²) in [7, 11) is 0. The molecule has 1 aliphatic carbocycles. The third-order valence-electron chi connectivity index (χ3n) is 5.22. The Labute approximate surface area is 165 Å². The van der Waals surface area contributed by atoms with E-state index in [0.717, 1.165) is 18.4 Å². The van der Waals surface area contributed by atoms with Crippen LogP contribution in [0.15, 0.2) is 30.5 Å². The van der Waals surface area contributed by atoms with Crippen molar-refractivity contribution in [2.24, 2.45) is 0 Å². The SMILES string of the molecule is CC(c1ccc(OCC(F)(F)F)cc1)N1CC(NC(=O)c2cn(C3CC3)nn2)C1. The molecular formula is C19H22F3N5O2. The van der Waals surface area contributed by atoms with E-state index < -0.39 is 12.8 Å². The standard InChI is InChI=1S/C19H22F3N5O2/c1-12(13-2-6-16(7-3-13)29-11-19(20,21)22)26-8-14(9-26)23-18(28)17-10-27(25-24-17)15-4-5-15/h2-3,6-7,10,12,14-15H,4-5,8-9,11H2,1H3,(H,23,28). The number of hydrogen-bond donors (Lipinski definition) is 1. The van der Waals surface area contributed by atoms with E-state index in [1.165, 1.54) is 0 Å². The number of benzene rings is 1. The predicted octanol–water partition coefficient (Wildman–Crippen LogP) is 2.73. The Morgan fingerprint density at radius 2 is 1.97 bits per heavy atom. The monoisotopic (exact) mass is 409 g/mol. The van der Waals surface area contributed by atoms with E-state index in [-0.39, 0.29) is 23.7 Å². The van der Waals surface area contributed by atoms with Crippen molar-refractivity contribution in [3.8, 4) is 5.75 Å². The largest absolute Gasteiger partial charge is 0.484 e. The molecule has 10 heteroatoms. The molecule has 2 fully saturated rings. The van der Waals surface area contributed by atoms with Gasteiger partial charge < -0.3 is 10.1 Å². The van der Waals surface area contributed by atoms with Crippen LogP contribution < -0.4 is 10.1 Å². The zero-order chi connectivity index (χ0) is 20.6. The smallest absolute Gasteiger partial charge is 0.422 e. The Morgan fingerprint density at radius 1 is 1.28 bits per heavy atom. The number of nitrogens with zero attached hydrogens (tertiary/aromatic N) is 4. The van der Waals surface area contributed by atoms with E-state index in [9.17, 15) is 18.0 Å². The number of amides is 1. The second kappa shape index (κ2) is 7.66. The molecule has 156 valence electrons. The quantitative estimate of drug-likeness (QED) is 0.761. The second-order valence-electron chi connectivity index (χ2n) is 7.59. The van der Waals surface area contributed by atoms with Crippen LogP contribution >= 0.6 is 0 Å². The fourth-order valence-corrected chi connectivity index (χ4v) is 3.30. The van der Waals surface area contributed by atoms with Crippen molar-refractivity contribution in [3.63, 3.8) is 0 Å². The first-order valence-corrected chi connectivity index (χ1v) is 9.55. The Bertz CT molecular complexity index is 857. The van der Waals surface area contributed by atoms with Crippen LogP contribution in [0.5, 0.6) is 5.75 Å². The minimum absolute atomic E-state index is 0.0328. The Kier molecular flexibility index (Phi) is 5.20. The lowest BCUT2D eigenvalue weighted by Crippen LogP contribution is -2.59. The average molecular weight is 409 g/mol. The van der Waals surface area contributed by atoms with Gasteiger partial charge in [-0.15, -0.1) is 5.10 Å². The van der Waals surface area contributed by atoms with Gasteiger partial charge in [-0.25, -0.2) is 4.68 Å². The van der Waals surface area contributed by atoms with Crippen molar-refractivity contribution in [1.29, 1.82) is 0 Å². The summed E-state index contributed by atoms with van der Waals surface area (Å²) < 4.78 is 43.1. The molecule has 1 unspecified atom stereocenters. The molecule has 2 aromatic rings. The lowest BCUT2D eigenvalue weighted by molar-refractivity contribution is -0.153. The number of alkyl halides is 3. The number of likely N-dealkylation sites (tertiary alicyclic amines) is 1. The Hall–Kier alpha value is -2.62. The summed E-state index contributed by atoms with van der Waals surface area (Å²) in [5.74, 6) is -0.0355. The van der Waals surface area contributed by atoms with Crippen molar-refractivity contribution in [3.05, 3.63) is 41.7 Å². The van der Waals surface area contributed by atoms with Crippen LogP contribution in [0.25, 0.3) is 0 Å². The summed E-state index contributed by atoms with van der Waals surface area (Å²) >= 11 is 0. The fourth-order valence-electron chi connectivity index (χ4n) is 3.30. The highest BCUT2D eigenvalue weighted by Gasteiger charge is 2.33. The minimum atomic E-state index is -4.35. The number of nitrogens with one attached hydrogen (secondary N) is 1. The normalized spacial score (nSPS) is 18.9. The van der Waals surface area contributed by atoms with Crippen LogP contribution in [-0.4, -0.2) is 57.7 Å². The summed E-state index contributed by atoms with van der Waals surface area (Å²) in [6.07, 6.45) is -0.506. The molecule has 4 rings (SSSR count). The van der Waals surface area contributed by atoms with Crippen molar-refractivity contribution in [2.45, 2.75) is 44.1 Å². The first-order chi connectivity index (χ1) is 13.8. The number of carbonyl (C=O) groups is 1. The molecule has 1 aromatic carbocycles. The molecule has 2 aliphatic rings. The van der Waals surface area contributed by atoms with Gasteiger partial charge in [-0.05, 0) is 37.5 Å². The summed E-state index contributed by atoms with van der Waals surface area (Å²) in [6.45, 7) is 2.10. The topological polar surface area (TPSA) is 72.3 Å². The van der Waals surface area contributed by atoms with Gasteiger partial charge in [0.15, 0.2) is 12.3 Å². The maximum absolute atomic E-state index is 12.3. The van der Waals surface area contributed by atoms with E-state index in [2.05, 4.69) is 20.5 Å². The highest BCUT2D eigenvalue weighted by Crippen LogP contribution is 2.33. The second-order valence-corrected chi connectivity index (χ2v) is 7.59. The number of aromatic nitrogens is 3. The van der Waals surface area contributed by atoms with Crippen LogP contribution in [0.4, 0.5) is 13.2 Å². The number of carbonyl (C=O) groups excluding carboxylic acids is 1. The molecule has 1 aliphatic heterocycles. The number of hydrogen-bond acceptors (Lipinski definition) is 5. The van der Waals surface area contributed by atoms with Crippen molar-refractivity contribution < 1.29 is 22.7 Å². The van der Waals surface area contributed by atoms with Crippen LogP contribution in [0.2, 0.25) is 0 Å². The summed E-state index contributed by atoms with van der Waals surface area (Å²) in [5.41, 5.74) is 1.30. The van der Waals surface area contributed by atoms with Gasteiger partial charge >= 0.3 is 6.18 Å². The summed E-state index contributed by atoms with van der Waals surface area (Å²) in [4.78, 5) is 14.5. The first kappa shape index (κ1) is 19.7. The van der Waals surface area contributed by atoms with Gasteiger partial charge in [0.25, 0.3) is 5.91 Å². The third-order valence-corrected chi connectivity index (χ3v) is 5.22. The van der Waals surface area contributed by atoms with Crippen molar-refractivity contribution >= 4 is 5.91 Å². The molecule has 1 saturated carbocycles. The van der Waals surface area contributed by atoms with E-state index in [0.29, 0.717) is 24.8 Å². The maximum atomic E-state index is 12.3. The zero-order valence-corrected chi connectivity index (χ0v) is 15.9. The molecular weight excluding hydrogens is 387 g/mol. The lowest BCUT2D eigenvalue weighted by Gasteiger charge is -2.43. The van der Waals surface area contributed by atoms with E-state index in [1.807, 2.05) is 6.92 Å². The van der Waals surface area contributed by atoms with Crippen molar-refractivity contribution in [2.75, 3.05) is 19.7 Å². The molecule has 1 aromatic heterocycles. The fraction of sp³-hybridized carbons (Fsp3) is 0.526. The third kappa shape index (κ3) is 4.87. The molecule has 0 radical (unpaired) electrons. The number of rotatable bonds is 7. The molecule has 2 heterocycles. The Morgan fingerprint density at radius 3 is 2.59 bits per heavy atom. The molecule has 29 heavy (non-hydrogen) atoms. The number of ether oxygens (including phenoxy) is 1. The van der Waals surface area contributed by atoms with Gasteiger partial charge in [-0.3, -0.25) is 9.69 Å². The Balaban J connectivity index is 1.24. The van der Waals surface area contributed by atoms with Crippen LogP contribution in [-0.2, 0) is 0 Å². The summed E-state index contributed by atoms with van der Waals surface area (Å²) in [6, 6.07) is 7.10. The van der Waals surface area contributed by atoms with Crippen LogP contribution in [0.1, 0.15) is 47.9 Å². The van der Waals surface area contributed by atoms with Crippen molar-refractivity contribution in [1.82, 2.24) is 25.2 Å². The predicted molar refractivity (Wildman–Crippen MR) is 97.5 cm³/mol. The molecule has 1 saturated heterocycles. The van der Waals surface area contributed by atoms with Crippen LogP contribution in [0, 0.1) is 0 Å². The zero-order valence-electron chi connectivity index (χ0n) is 15.9. The summed E-state index contributed by atoms with van der Waals surface area (Å²) in [5, 5.41) is 10.9. The highest BCUT2D eigenvalue weighted by molar-refractivity contribution is 5.92. The molecule has 0 bridgehead atoms. The average Bonchev–Trinajstić information content (AvgIpc) is 3.38. The van der Waals surface area contributed by atoms with Gasteiger partial charge in [-0.2, -0.15) is 13.2 Å². The first-order valence-electron chi connectivity index (χ1n) is 9.55. The number of halogens is 3. The minimum Gasteiger partial charge on any atom is -0.484 e. The lowest BCUT2D eigenvalue weighted by atomic mass is 10.0. The molecule has 1 N–H and O–H groups in total. The molecule has 0 spiro atoms. The van der Waals surface area contributed by atoms with Gasteiger partial charge in [-0.1, -0.05) is 17.3 Å². The molecule has 1 amide bonds. The van der Waals surface area contributed by atoms with E-state index in [1.54, 1.807) is 35.1 Å². The molecule has 1 atom stereocenters. The van der Waals surface area contributed by atoms with Crippen LogP contribution in [0.3, 0.4) is 0 Å². The van der Waals surface area contributed by atoms with Gasteiger partial charge in [0.1, 0.15) is 5.75 Å². The maximum Gasteiger partial charge on any atom is 0.422 e.